The lowest BCUT2D eigenvalue weighted by molar-refractivity contribution is 0.0328. The zero-order chi connectivity index (χ0) is 13.2. The van der Waals surface area contributed by atoms with Crippen LogP contribution in [0, 0.1) is 0 Å². The Bertz CT molecular complexity index is 401. The third-order valence-corrected chi connectivity index (χ3v) is 2.90. The Labute approximate surface area is 117 Å². The van der Waals surface area contributed by atoms with E-state index in [1.165, 1.54) is 12.3 Å². The fourth-order valence-corrected chi connectivity index (χ4v) is 1.65. The van der Waals surface area contributed by atoms with Crippen LogP contribution in [0.25, 0.3) is 0 Å². The van der Waals surface area contributed by atoms with Gasteiger partial charge in [0, 0.05) is 11.8 Å². The molecule has 0 saturated carbocycles. The molecule has 0 fully saturated rings. The van der Waals surface area contributed by atoms with Crippen molar-refractivity contribution >= 4 is 52.2 Å². The van der Waals surface area contributed by atoms with Gasteiger partial charge in [-0.05, 0) is 6.07 Å². The van der Waals surface area contributed by atoms with E-state index in [1.807, 2.05) is 0 Å². The van der Waals surface area contributed by atoms with E-state index in [-0.39, 0.29) is 17.1 Å². The SMILES string of the molecule is O=C(c1cc(C(O)C(O)CCl)c[nH]1)C(Cl)(Cl)Cl. The zero-order valence-electron chi connectivity index (χ0n) is 8.33. The van der Waals surface area contributed by atoms with Gasteiger partial charge in [0.2, 0.25) is 5.78 Å². The highest BCUT2D eigenvalue weighted by molar-refractivity contribution is 6.77. The maximum absolute atomic E-state index is 11.5. The Morgan fingerprint density at radius 3 is 2.47 bits per heavy atom. The Morgan fingerprint density at radius 2 is 2.00 bits per heavy atom. The summed E-state index contributed by atoms with van der Waals surface area (Å²) >= 11 is 21.7. The topological polar surface area (TPSA) is 73.3 Å². The first kappa shape index (κ1) is 15.1. The van der Waals surface area contributed by atoms with E-state index in [2.05, 4.69) is 4.98 Å². The summed E-state index contributed by atoms with van der Waals surface area (Å²) in [7, 11) is 0. The lowest BCUT2D eigenvalue weighted by Crippen LogP contribution is -2.20. The molecule has 0 aliphatic rings. The molecular weight excluding hydrogens is 312 g/mol. The molecule has 2 atom stereocenters. The smallest absolute Gasteiger partial charge is 0.254 e. The number of hydrogen-bond acceptors (Lipinski definition) is 3. The maximum Gasteiger partial charge on any atom is 0.254 e. The van der Waals surface area contributed by atoms with Crippen molar-refractivity contribution < 1.29 is 15.0 Å². The summed E-state index contributed by atoms with van der Waals surface area (Å²) in [4.78, 5) is 14.1. The average Bonchev–Trinajstić information content (AvgIpc) is 2.73. The molecule has 96 valence electrons. The van der Waals surface area contributed by atoms with Gasteiger partial charge in [0.1, 0.15) is 6.10 Å². The minimum absolute atomic E-state index is 0.0285. The number of Topliss-reactive ketones (excluding diaryl/α,β-unsaturated/α-hetero) is 1. The fraction of sp³-hybridized carbons (Fsp3) is 0.444. The molecule has 0 aliphatic heterocycles. The highest BCUT2D eigenvalue weighted by atomic mass is 35.6. The number of carbonyl (C=O) groups excluding carboxylic acids is 1. The molecule has 4 nitrogen and oxygen atoms in total. The van der Waals surface area contributed by atoms with Crippen LogP contribution in [0.3, 0.4) is 0 Å². The van der Waals surface area contributed by atoms with Gasteiger partial charge in [-0.3, -0.25) is 4.79 Å². The van der Waals surface area contributed by atoms with Crippen molar-refractivity contribution in [3.63, 3.8) is 0 Å². The van der Waals surface area contributed by atoms with E-state index >= 15 is 0 Å². The molecule has 0 aromatic carbocycles. The summed E-state index contributed by atoms with van der Waals surface area (Å²) in [5.74, 6) is -0.888. The van der Waals surface area contributed by atoms with Crippen LogP contribution in [-0.2, 0) is 0 Å². The van der Waals surface area contributed by atoms with E-state index in [4.69, 9.17) is 46.4 Å². The van der Waals surface area contributed by atoms with Crippen LogP contribution >= 0.6 is 46.4 Å². The van der Waals surface area contributed by atoms with Crippen molar-refractivity contribution in [1.82, 2.24) is 4.98 Å². The summed E-state index contributed by atoms with van der Waals surface area (Å²) in [5.41, 5.74) is 0.316. The Morgan fingerprint density at radius 1 is 1.41 bits per heavy atom. The number of halogens is 4. The minimum Gasteiger partial charge on any atom is -0.389 e. The van der Waals surface area contributed by atoms with Gasteiger partial charge in [-0.25, -0.2) is 0 Å². The van der Waals surface area contributed by atoms with Crippen LogP contribution in [0.15, 0.2) is 12.3 Å². The van der Waals surface area contributed by atoms with Gasteiger partial charge in [-0.15, -0.1) is 11.6 Å². The third-order valence-electron chi connectivity index (χ3n) is 2.07. The van der Waals surface area contributed by atoms with Crippen LogP contribution in [0.1, 0.15) is 22.2 Å². The summed E-state index contributed by atoms with van der Waals surface area (Å²) in [6.07, 6.45) is -1.01. The molecule has 0 spiro atoms. The van der Waals surface area contributed by atoms with Crippen LogP contribution < -0.4 is 0 Å². The van der Waals surface area contributed by atoms with E-state index in [9.17, 15) is 15.0 Å². The minimum atomic E-state index is -2.07. The molecule has 8 heteroatoms. The van der Waals surface area contributed by atoms with Crippen molar-refractivity contribution in [1.29, 1.82) is 0 Å². The second-order valence-corrected chi connectivity index (χ2v) is 5.93. The Balaban J connectivity index is 2.89. The number of ketones is 1. The number of aromatic nitrogens is 1. The van der Waals surface area contributed by atoms with E-state index in [1.54, 1.807) is 0 Å². The first-order valence-electron chi connectivity index (χ1n) is 4.49. The van der Waals surface area contributed by atoms with E-state index in [0.29, 0.717) is 0 Å². The Kier molecular flexibility index (Phi) is 5.13. The monoisotopic (exact) mass is 319 g/mol. The molecule has 1 aromatic rings. The predicted molar refractivity (Wildman–Crippen MR) is 67.1 cm³/mol. The van der Waals surface area contributed by atoms with Gasteiger partial charge in [0.25, 0.3) is 3.79 Å². The quantitative estimate of drug-likeness (QED) is 0.588. The summed E-state index contributed by atoms with van der Waals surface area (Å²) in [5, 5.41) is 19.0. The van der Waals surface area contributed by atoms with Crippen molar-refractivity contribution in [2.75, 3.05) is 5.88 Å². The van der Waals surface area contributed by atoms with Gasteiger partial charge in [-0.1, -0.05) is 34.8 Å². The molecule has 0 saturated heterocycles. The number of aliphatic hydroxyl groups excluding tert-OH is 2. The lowest BCUT2D eigenvalue weighted by Gasteiger charge is -2.13. The number of nitrogens with one attached hydrogen (secondary N) is 1. The van der Waals surface area contributed by atoms with Crippen molar-refractivity contribution in [3.8, 4) is 0 Å². The molecule has 1 rings (SSSR count). The van der Waals surface area contributed by atoms with Gasteiger partial charge < -0.3 is 15.2 Å². The van der Waals surface area contributed by atoms with Crippen LogP contribution in [0.4, 0.5) is 0 Å². The average molecular weight is 321 g/mol. The van der Waals surface area contributed by atoms with Crippen molar-refractivity contribution in [2.24, 2.45) is 0 Å². The largest absolute Gasteiger partial charge is 0.389 e. The van der Waals surface area contributed by atoms with Gasteiger partial charge >= 0.3 is 0 Å². The molecular formula is C9H9Cl4NO3. The predicted octanol–water partition coefficient (Wildman–Crippen LogP) is 2.20. The van der Waals surface area contributed by atoms with Crippen molar-refractivity contribution in [2.45, 2.75) is 16.0 Å². The molecule has 17 heavy (non-hydrogen) atoms. The van der Waals surface area contributed by atoms with E-state index < -0.39 is 21.8 Å². The number of hydrogen-bond donors (Lipinski definition) is 3. The normalized spacial score (nSPS) is 15.6. The van der Waals surface area contributed by atoms with Gasteiger partial charge in [-0.2, -0.15) is 0 Å². The number of aromatic amines is 1. The van der Waals surface area contributed by atoms with Crippen LogP contribution in [0.5, 0.6) is 0 Å². The second-order valence-electron chi connectivity index (χ2n) is 3.34. The molecule has 0 amide bonds. The molecule has 1 aromatic heterocycles. The first-order chi connectivity index (χ1) is 7.77. The summed E-state index contributed by atoms with van der Waals surface area (Å²) < 4.78 is -2.07. The number of H-pyrrole nitrogens is 1. The molecule has 2 unspecified atom stereocenters. The zero-order valence-corrected chi connectivity index (χ0v) is 11.4. The standard InChI is InChI=1S/C9H9Cl4NO3/c10-2-6(15)7(16)4-1-5(14-3-4)8(17)9(11,12)13/h1,3,6-7,14-16H,2H2. The number of rotatable bonds is 4. The molecule has 0 aliphatic carbocycles. The number of carbonyl (C=O) groups is 1. The fourth-order valence-electron chi connectivity index (χ4n) is 1.17. The molecule has 0 bridgehead atoms. The van der Waals surface area contributed by atoms with Crippen LogP contribution in [0.2, 0.25) is 0 Å². The van der Waals surface area contributed by atoms with Crippen molar-refractivity contribution in [3.05, 3.63) is 23.5 Å². The Hall–Kier alpha value is 0.0300. The second kappa shape index (κ2) is 5.78. The number of alkyl halides is 4. The number of aliphatic hydroxyl groups is 2. The third kappa shape index (κ3) is 3.74. The van der Waals surface area contributed by atoms with Gasteiger partial charge in [0.15, 0.2) is 0 Å². The summed E-state index contributed by atoms with van der Waals surface area (Å²) in [6.45, 7) is 0. The molecule has 3 N–H and O–H groups in total. The highest BCUT2D eigenvalue weighted by Gasteiger charge is 2.33. The first-order valence-corrected chi connectivity index (χ1v) is 6.16. The van der Waals surface area contributed by atoms with Gasteiger partial charge in [0.05, 0.1) is 17.7 Å². The maximum atomic E-state index is 11.5. The van der Waals surface area contributed by atoms with Crippen LogP contribution in [-0.4, -0.2) is 36.8 Å². The molecule has 1 heterocycles. The van der Waals surface area contributed by atoms with E-state index in [0.717, 1.165) is 0 Å². The molecule has 0 radical (unpaired) electrons. The lowest BCUT2D eigenvalue weighted by atomic mass is 10.1. The summed E-state index contributed by atoms with van der Waals surface area (Å²) in [6, 6.07) is 1.30. The highest BCUT2D eigenvalue weighted by Crippen LogP contribution is 2.31.